The molecule has 0 amide bonds. The van der Waals surface area contributed by atoms with Crippen LogP contribution in [-0.4, -0.2) is 18.1 Å². The maximum Gasteiger partial charge on any atom is 0.294 e. The standard InChI is InChI=1S/C12H8Cl2N2O4S/c13-9-6-12(17)10(14)5-11(9)16-15-7-1-3-8(4-2-7)21(18,19)20/h1-6,17H,(H,18,19,20). The molecule has 0 spiro atoms. The van der Waals surface area contributed by atoms with Crippen LogP contribution in [0.1, 0.15) is 0 Å². The first kappa shape index (κ1) is 15.7. The molecule has 2 rings (SSSR count). The van der Waals surface area contributed by atoms with Crippen molar-refractivity contribution in [2.45, 2.75) is 4.90 Å². The molecule has 9 heteroatoms. The minimum atomic E-state index is -4.24. The molecule has 0 atom stereocenters. The fraction of sp³-hybridized carbons (Fsp3) is 0. The van der Waals surface area contributed by atoms with E-state index in [1.807, 2.05) is 0 Å². The average molecular weight is 347 g/mol. The van der Waals surface area contributed by atoms with Gasteiger partial charge in [-0.15, -0.1) is 5.11 Å². The van der Waals surface area contributed by atoms with Gasteiger partial charge in [-0.2, -0.15) is 13.5 Å². The number of rotatable bonds is 3. The molecule has 6 nitrogen and oxygen atoms in total. The number of hydrogen-bond acceptors (Lipinski definition) is 5. The van der Waals surface area contributed by atoms with E-state index in [9.17, 15) is 13.5 Å². The van der Waals surface area contributed by atoms with Crippen LogP contribution in [0.15, 0.2) is 51.5 Å². The number of benzene rings is 2. The zero-order chi connectivity index (χ0) is 15.6. The second-order valence-corrected chi connectivity index (χ2v) is 6.16. The second-order valence-electron chi connectivity index (χ2n) is 3.92. The summed E-state index contributed by atoms with van der Waals surface area (Å²) >= 11 is 11.6. The van der Waals surface area contributed by atoms with E-state index in [-0.39, 0.29) is 26.4 Å². The number of phenolic OH excluding ortho intramolecular Hbond substituents is 1. The Morgan fingerprint density at radius 2 is 1.57 bits per heavy atom. The number of halogens is 2. The third-order valence-corrected chi connectivity index (χ3v) is 3.90. The van der Waals surface area contributed by atoms with Crippen LogP contribution < -0.4 is 0 Å². The van der Waals surface area contributed by atoms with Gasteiger partial charge in [0, 0.05) is 6.07 Å². The van der Waals surface area contributed by atoms with Crippen molar-refractivity contribution in [2.75, 3.05) is 0 Å². The quantitative estimate of drug-likeness (QED) is 0.636. The first-order valence-electron chi connectivity index (χ1n) is 5.44. The zero-order valence-electron chi connectivity index (χ0n) is 10.2. The van der Waals surface area contributed by atoms with Crippen molar-refractivity contribution in [3.8, 4) is 5.75 Å². The summed E-state index contributed by atoms with van der Waals surface area (Å²) in [6, 6.07) is 7.68. The topological polar surface area (TPSA) is 99.3 Å². The SMILES string of the molecule is O=S(=O)(O)c1ccc(N=Nc2cc(Cl)c(O)cc2Cl)cc1. The van der Waals surface area contributed by atoms with Crippen molar-refractivity contribution in [2.24, 2.45) is 10.2 Å². The van der Waals surface area contributed by atoms with E-state index >= 15 is 0 Å². The van der Waals surface area contributed by atoms with Crippen molar-refractivity contribution in [3.05, 3.63) is 46.4 Å². The van der Waals surface area contributed by atoms with Gasteiger partial charge < -0.3 is 5.11 Å². The third-order valence-electron chi connectivity index (χ3n) is 2.42. The summed E-state index contributed by atoms with van der Waals surface area (Å²) < 4.78 is 30.6. The molecule has 0 radical (unpaired) electrons. The van der Waals surface area contributed by atoms with Crippen molar-refractivity contribution < 1.29 is 18.1 Å². The lowest BCUT2D eigenvalue weighted by Gasteiger charge is -2.01. The lowest BCUT2D eigenvalue weighted by molar-refractivity contribution is 0.475. The molecule has 2 aromatic carbocycles. The third kappa shape index (κ3) is 3.92. The van der Waals surface area contributed by atoms with E-state index in [2.05, 4.69) is 10.2 Å². The Hall–Kier alpha value is -1.67. The minimum Gasteiger partial charge on any atom is -0.506 e. The molecule has 2 N–H and O–H groups in total. The van der Waals surface area contributed by atoms with Gasteiger partial charge in [0.2, 0.25) is 0 Å². The number of aromatic hydroxyl groups is 1. The second kappa shape index (κ2) is 5.98. The normalized spacial score (nSPS) is 12.0. The predicted molar refractivity (Wildman–Crippen MR) is 78.6 cm³/mol. The Bertz CT molecular complexity index is 805. The van der Waals surface area contributed by atoms with Gasteiger partial charge in [0.25, 0.3) is 10.1 Å². The summed E-state index contributed by atoms with van der Waals surface area (Å²) in [5, 5.41) is 17.3. The van der Waals surface area contributed by atoms with E-state index in [4.69, 9.17) is 27.8 Å². The fourth-order valence-corrected chi connectivity index (χ4v) is 2.23. The first-order valence-corrected chi connectivity index (χ1v) is 7.64. The van der Waals surface area contributed by atoms with Gasteiger partial charge in [-0.25, -0.2) is 0 Å². The molecule has 0 saturated carbocycles. The lowest BCUT2D eigenvalue weighted by atomic mass is 10.3. The van der Waals surface area contributed by atoms with Gasteiger partial charge in [0.1, 0.15) is 11.4 Å². The van der Waals surface area contributed by atoms with Crippen LogP contribution in [0.3, 0.4) is 0 Å². The van der Waals surface area contributed by atoms with Crippen LogP contribution in [0, 0.1) is 0 Å². The van der Waals surface area contributed by atoms with Crippen LogP contribution >= 0.6 is 23.2 Å². The van der Waals surface area contributed by atoms with Gasteiger partial charge in [-0.05, 0) is 30.3 Å². The van der Waals surface area contributed by atoms with Crippen LogP contribution in [0.2, 0.25) is 10.0 Å². The van der Waals surface area contributed by atoms with Crippen molar-refractivity contribution in [1.82, 2.24) is 0 Å². The van der Waals surface area contributed by atoms with Gasteiger partial charge in [-0.1, -0.05) is 23.2 Å². The van der Waals surface area contributed by atoms with E-state index in [1.165, 1.54) is 36.4 Å². The number of nitrogens with zero attached hydrogens (tertiary/aromatic N) is 2. The van der Waals surface area contributed by atoms with E-state index in [1.54, 1.807) is 0 Å². The molecule has 0 saturated heterocycles. The minimum absolute atomic E-state index is 0.0788. The van der Waals surface area contributed by atoms with E-state index in [0.29, 0.717) is 5.69 Å². The summed E-state index contributed by atoms with van der Waals surface area (Å²) in [6.07, 6.45) is 0. The first-order chi connectivity index (χ1) is 9.77. The molecule has 0 unspecified atom stereocenters. The van der Waals surface area contributed by atoms with Crippen LogP contribution in [0.4, 0.5) is 11.4 Å². The maximum absolute atomic E-state index is 10.9. The molecule has 0 aliphatic heterocycles. The Morgan fingerprint density at radius 1 is 0.952 bits per heavy atom. The Labute approximate surface area is 130 Å². The summed E-state index contributed by atoms with van der Waals surface area (Å²) in [7, 11) is -4.24. The number of hydrogen-bond donors (Lipinski definition) is 2. The Kier molecular flexibility index (Phi) is 4.48. The van der Waals surface area contributed by atoms with Gasteiger partial charge in [-0.3, -0.25) is 4.55 Å². The molecular weight excluding hydrogens is 339 g/mol. The average Bonchev–Trinajstić information content (AvgIpc) is 2.41. The van der Waals surface area contributed by atoms with Crippen LogP contribution in [0.25, 0.3) is 0 Å². The fourth-order valence-electron chi connectivity index (χ4n) is 1.40. The highest BCUT2D eigenvalue weighted by Gasteiger charge is 2.08. The van der Waals surface area contributed by atoms with Crippen molar-refractivity contribution >= 4 is 44.7 Å². The molecule has 0 fully saturated rings. The lowest BCUT2D eigenvalue weighted by Crippen LogP contribution is -1.96. The van der Waals surface area contributed by atoms with Crippen LogP contribution in [-0.2, 0) is 10.1 Å². The highest BCUT2D eigenvalue weighted by atomic mass is 35.5. The number of azo groups is 1. The van der Waals surface area contributed by atoms with Crippen LogP contribution in [0.5, 0.6) is 5.75 Å². The molecular formula is C12H8Cl2N2O4S. The molecule has 0 heterocycles. The Balaban J connectivity index is 2.28. The molecule has 21 heavy (non-hydrogen) atoms. The van der Waals surface area contributed by atoms with Crippen molar-refractivity contribution in [1.29, 1.82) is 0 Å². The molecule has 2 aromatic rings. The van der Waals surface area contributed by atoms with Gasteiger partial charge in [0.05, 0.1) is 20.6 Å². The van der Waals surface area contributed by atoms with E-state index < -0.39 is 10.1 Å². The maximum atomic E-state index is 10.9. The Morgan fingerprint density at radius 3 is 2.14 bits per heavy atom. The highest BCUT2D eigenvalue weighted by molar-refractivity contribution is 7.85. The monoisotopic (exact) mass is 346 g/mol. The molecule has 0 aliphatic rings. The predicted octanol–water partition coefficient (Wildman–Crippen LogP) is 4.36. The number of phenols is 1. The molecule has 0 aromatic heterocycles. The summed E-state index contributed by atoms with van der Waals surface area (Å²) in [6.45, 7) is 0. The van der Waals surface area contributed by atoms with Gasteiger partial charge >= 0.3 is 0 Å². The zero-order valence-corrected chi connectivity index (χ0v) is 12.6. The largest absolute Gasteiger partial charge is 0.506 e. The van der Waals surface area contributed by atoms with E-state index in [0.717, 1.165) is 0 Å². The smallest absolute Gasteiger partial charge is 0.294 e. The van der Waals surface area contributed by atoms with Crippen molar-refractivity contribution in [3.63, 3.8) is 0 Å². The van der Waals surface area contributed by atoms with Gasteiger partial charge in [0.15, 0.2) is 0 Å². The summed E-state index contributed by atoms with van der Waals surface area (Å²) in [4.78, 5) is -0.243. The molecule has 0 bridgehead atoms. The summed E-state index contributed by atoms with van der Waals surface area (Å²) in [5.41, 5.74) is 0.598. The molecule has 0 aliphatic carbocycles. The molecule has 110 valence electrons. The highest BCUT2D eigenvalue weighted by Crippen LogP contribution is 2.35. The summed E-state index contributed by atoms with van der Waals surface area (Å²) in [5.74, 6) is -0.168.